The monoisotopic (exact) mass is 448 g/mol. The number of carbonyl (C=O) groups excluding carboxylic acids is 1. The molecule has 33 heavy (non-hydrogen) atoms. The summed E-state index contributed by atoms with van der Waals surface area (Å²) in [5.41, 5.74) is 2.55. The molecule has 2 fully saturated rings. The van der Waals surface area contributed by atoms with E-state index in [4.69, 9.17) is 0 Å². The van der Waals surface area contributed by atoms with Gasteiger partial charge in [0.25, 0.3) is 11.5 Å². The third-order valence-corrected chi connectivity index (χ3v) is 6.83. The molecule has 2 saturated heterocycles. The number of pyridine rings is 1. The van der Waals surface area contributed by atoms with Crippen LogP contribution in [0.25, 0.3) is 10.9 Å². The number of aromatic nitrogens is 3. The Bertz CT molecular complexity index is 1300. The highest BCUT2D eigenvalue weighted by molar-refractivity contribution is 5.92. The van der Waals surface area contributed by atoms with Crippen LogP contribution in [0.5, 0.6) is 0 Å². The third-order valence-electron chi connectivity index (χ3n) is 6.83. The van der Waals surface area contributed by atoms with Gasteiger partial charge in [-0.2, -0.15) is 0 Å². The number of hydrogen-bond acceptors (Lipinski definition) is 6. The molecule has 0 radical (unpaired) electrons. The van der Waals surface area contributed by atoms with Crippen LogP contribution in [-0.4, -0.2) is 57.6 Å². The Balaban J connectivity index is 1.32. The molecule has 2 bridgehead atoms. The number of amides is 1. The highest BCUT2D eigenvalue weighted by atomic mass is 16.2. The lowest BCUT2D eigenvalue weighted by atomic mass is 10.1. The molecule has 2 aromatic heterocycles. The molecule has 1 aromatic carbocycles. The molecule has 172 valence electrons. The van der Waals surface area contributed by atoms with E-state index in [2.05, 4.69) is 25.1 Å². The van der Waals surface area contributed by atoms with Gasteiger partial charge < -0.3 is 15.2 Å². The number of H-pyrrole nitrogens is 1. The lowest BCUT2D eigenvalue weighted by molar-refractivity contribution is 0.0958. The maximum Gasteiger partial charge on any atom is 0.328 e. The molecule has 2 unspecified atom stereocenters. The molecular formula is C24H28N6O3. The first kappa shape index (κ1) is 21.4. The first-order valence-corrected chi connectivity index (χ1v) is 11.4. The largest absolute Gasteiger partial charge is 0.362 e. The molecule has 0 aliphatic carbocycles. The van der Waals surface area contributed by atoms with Crippen LogP contribution in [-0.2, 0) is 13.1 Å². The minimum Gasteiger partial charge on any atom is -0.362 e. The van der Waals surface area contributed by atoms with E-state index in [1.165, 1.54) is 4.57 Å². The van der Waals surface area contributed by atoms with Gasteiger partial charge in [-0.25, -0.2) is 9.78 Å². The number of nitrogens with zero attached hydrogens (tertiary/aromatic N) is 4. The van der Waals surface area contributed by atoms with Crippen molar-refractivity contribution in [2.24, 2.45) is 0 Å². The zero-order valence-corrected chi connectivity index (χ0v) is 18.9. The average molecular weight is 449 g/mol. The Hall–Kier alpha value is -3.46. The lowest BCUT2D eigenvalue weighted by Crippen LogP contribution is -2.53. The number of rotatable bonds is 5. The van der Waals surface area contributed by atoms with Crippen LogP contribution in [0.4, 0.5) is 5.69 Å². The van der Waals surface area contributed by atoms with Crippen LogP contribution in [0.15, 0.2) is 46.1 Å². The zero-order chi connectivity index (χ0) is 23.1. The van der Waals surface area contributed by atoms with Crippen molar-refractivity contribution in [1.29, 1.82) is 0 Å². The van der Waals surface area contributed by atoms with Gasteiger partial charge in [0.1, 0.15) is 5.69 Å². The fourth-order valence-electron chi connectivity index (χ4n) is 5.29. The number of piperazine rings is 1. The maximum atomic E-state index is 12.5. The predicted molar refractivity (Wildman–Crippen MR) is 127 cm³/mol. The standard InChI is InChI=1S/C24H28N6O3/c1-3-29-23(32)19-8-4-15(10-21(19)27-24(29)33)12-28-13-17-5-6-18(14-28)30(17)16-7-9-20(26-11-16)22(31)25-2/h4,7-11,17-18H,3,5-6,12-14H2,1-2H3,(H,25,31)(H,27,33). The van der Waals surface area contributed by atoms with Gasteiger partial charge in [0, 0.05) is 45.3 Å². The summed E-state index contributed by atoms with van der Waals surface area (Å²) in [5.74, 6) is -0.181. The number of benzene rings is 1. The summed E-state index contributed by atoms with van der Waals surface area (Å²) in [6.45, 7) is 4.77. The quantitative estimate of drug-likeness (QED) is 0.610. The first-order valence-electron chi connectivity index (χ1n) is 11.4. The molecule has 5 rings (SSSR count). The lowest BCUT2D eigenvalue weighted by Gasteiger charge is -2.42. The number of carbonyl (C=O) groups is 1. The minimum atomic E-state index is -0.366. The Kier molecular flexibility index (Phi) is 5.49. The normalized spacial score (nSPS) is 20.4. The van der Waals surface area contributed by atoms with E-state index in [0.29, 0.717) is 35.2 Å². The highest BCUT2D eigenvalue weighted by Gasteiger charge is 2.40. The number of nitrogens with one attached hydrogen (secondary N) is 2. The second-order valence-electron chi connectivity index (χ2n) is 8.83. The molecule has 1 amide bonds. The maximum absolute atomic E-state index is 12.5. The van der Waals surface area contributed by atoms with Crippen LogP contribution in [0.2, 0.25) is 0 Å². The topological polar surface area (TPSA) is 103 Å². The molecule has 0 saturated carbocycles. The van der Waals surface area contributed by atoms with E-state index in [-0.39, 0.29) is 17.2 Å². The van der Waals surface area contributed by atoms with Gasteiger partial charge in [0.15, 0.2) is 0 Å². The highest BCUT2D eigenvalue weighted by Crippen LogP contribution is 2.35. The fourth-order valence-corrected chi connectivity index (χ4v) is 5.29. The second kappa shape index (κ2) is 8.47. The molecule has 9 nitrogen and oxygen atoms in total. The molecule has 2 atom stereocenters. The number of aromatic amines is 1. The van der Waals surface area contributed by atoms with E-state index in [9.17, 15) is 14.4 Å². The Labute approximate surface area is 191 Å². The van der Waals surface area contributed by atoms with Crippen molar-refractivity contribution < 1.29 is 4.79 Å². The summed E-state index contributed by atoms with van der Waals surface area (Å²) in [6.07, 6.45) is 4.05. The Morgan fingerprint density at radius 2 is 1.91 bits per heavy atom. The molecule has 3 aromatic rings. The summed E-state index contributed by atoms with van der Waals surface area (Å²) in [4.78, 5) is 48.6. The SMILES string of the molecule is CCn1c(=O)[nH]c2cc(CN3CC4CCC(C3)N4c3ccc(C(=O)NC)nc3)ccc2c1=O. The van der Waals surface area contributed by atoms with Gasteiger partial charge in [-0.3, -0.25) is 19.1 Å². The summed E-state index contributed by atoms with van der Waals surface area (Å²) in [6, 6.07) is 10.3. The molecule has 4 heterocycles. The molecule has 2 aliphatic heterocycles. The van der Waals surface area contributed by atoms with Crippen molar-refractivity contribution in [1.82, 2.24) is 24.8 Å². The zero-order valence-electron chi connectivity index (χ0n) is 18.9. The van der Waals surface area contributed by atoms with Crippen molar-refractivity contribution in [3.63, 3.8) is 0 Å². The van der Waals surface area contributed by atoms with Crippen molar-refractivity contribution >= 4 is 22.5 Å². The van der Waals surface area contributed by atoms with E-state index in [0.717, 1.165) is 43.7 Å². The van der Waals surface area contributed by atoms with Crippen LogP contribution in [0.3, 0.4) is 0 Å². The predicted octanol–water partition coefficient (Wildman–Crippen LogP) is 1.32. The second-order valence-corrected chi connectivity index (χ2v) is 8.83. The van der Waals surface area contributed by atoms with Crippen molar-refractivity contribution in [2.75, 3.05) is 25.0 Å². The van der Waals surface area contributed by atoms with Crippen LogP contribution < -0.4 is 21.5 Å². The average Bonchev–Trinajstić information content (AvgIpc) is 3.09. The number of hydrogen-bond donors (Lipinski definition) is 2. The van der Waals surface area contributed by atoms with Crippen LogP contribution >= 0.6 is 0 Å². The minimum absolute atomic E-state index is 0.181. The summed E-state index contributed by atoms with van der Waals surface area (Å²) in [5, 5.41) is 3.14. The van der Waals surface area contributed by atoms with Gasteiger partial charge in [-0.05, 0) is 49.6 Å². The smallest absolute Gasteiger partial charge is 0.328 e. The van der Waals surface area contributed by atoms with Crippen LogP contribution in [0.1, 0.15) is 35.8 Å². The molecule has 9 heteroatoms. The fraction of sp³-hybridized carbons (Fsp3) is 0.417. The van der Waals surface area contributed by atoms with E-state index in [1.807, 2.05) is 24.3 Å². The van der Waals surface area contributed by atoms with Gasteiger partial charge in [-0.1, -0.05) is 6.07 Å². The Morgan fingerprint density at radius 1 is 1.15 bits per heavy atom. The van der Waals surface area contributed by atoms with Gasteiger partial charge >= 0.3 is 5.69 Å². The number of anilines is 1. The Morgan fingerprint density at radius 3 is 2.55 bits per heavy atom. The van der Waals surface area contributed by atoms with Gasteiger partial charge in [0.2, 0.25) is 0 Å². The van der Waals surface area contributed by atoms with Crippen LogP contribution in [0, 0.1) is 0 Å². The summed E-state index contributed by atoms with van der Waals surface area (Å²) in [7, 11) is 1.60. The molecular weight excluding hydrogens is 420 g/mol. The van der Waals surface area contributed by atoms with Crippen molar-refractivity contribution in [3.8, 4) is 0 Å². The summed E-state index contributed by atoms with van der Waals surface area (Å²) < 4.78 is 1.22. The molecule has 2 aliphatic rings. The number of fused-ring (bicyclic) bond motifs is 3. The van der Waals surface area contributed by atoms with E-state index >= 15 is 0 Å². The van der Waals surface area contributed by atoms with Gasteiger partial charge in [0.05, 0.1) is 22.8 Å². The third kappa shape index (κ3) is 3.82. The van der Waals surface area contributed by atoms with Crippen molar-refractivity contribution in [2.45, 2.75) is 44.9 Å². The van der Waals surface area contributed by atoms with Crippen molar-refractivity contribution in [3.05, 3.63) is 68.6 Å². The first-order chi connectivity index (χ1) is 16.0. The van der Waals surface area contributed by atoms with E-state index < -0.39 is 0 Å². The van der Waals surface area contributed by atoms with E-state index in [1.54, 1.807) is 26.2 Å². The number of likely N-dealkylation sites (tertiary alicyclic amines) is 1. The summed E-state index contributed by atoms with van der Waals surface area (Å²) >= 11 is 0. The van der Waals surface area contributed by atoms with Gasteiger partial charge in [-0.15, -0.1) is 0 Å². The molecule has 0 spiro atoms. The molecule has 2 N–H and O–H groups in total.